The number of hydrogen-bond donors (Lipinski definition) is 0. The molecule has 1 aliphatic rings. The smallest absolute Gasteiger partial charge is 0.180 e. The van der Waals surface area contributed by atoms with Crippen LogP contribution in [0, 0.1) is 5.92 Å². The van der Waals surface area contributed by atoms with Crippen LogP contribution in [0.15, 0.2) is 35.2 Å². The van der Waals surface area contributed by atoms with Crippen molar-refractivity contribution in [3.63, 3.8) is 0 Å². The van der Waals surface area contributed by atoms with E-state index in [9.17, 15) is 8.42 Å². The van der Waals surface area contributed by atoms with E-state index in [2.05, 4.69) is 6.92 Å². The van der Waals surface area contributed by atoms with Gasteiger partial charge in [0, 0.05) is 6.61 Å². The predicted octanol–water partition coefficient (Wildman–Crippen LogP) is 2.67. The summed E-state index contributed by atoms with van der Waals surface area (Å²) in [6.45, 7) is 2.86. The SMILES string of the molecule is CCC[C@H]1CO[C@@H](CS(=O)(=O)c2ccccc2)C1. The fraction of sp³-hybridized carbons (Fsp3) is 0.571. The van der Waals surface area contributed by atoms with Crippen LogP contribution in [0.3, 0.4) is 0 Å². The molecule has 0 aliphatic carbocycles. The zero-order valence-corrected chi connectivity index (χ0v) is 11.5. The molecule has 0 amide bonds. The number of ether oxygens (including phenoxy) is 1. The molecule has 4 heteroatoms. The monoisotopic (exact) mass is 268 g/mol. The van der Waals surface area contributed by atoms with Gasteiger partial charge in [-0.15, -0.1) is 0 Å². The fourth-order valence-electron chi connectivity index (χ4n) is 2.47. The first-order valence-electron chi connectivity index (χ1n) is 6.51. The maximum absolute atomic E-state index is 12.2. The van der Waals surface area contributed by atoms with E-state index < -0.39 is 9.84 Å². The molecule has 0 radical (unpaired) electrons. The Morgan fingerprint density at radius 3 is 2.67 bits per heavy atom. The van der Waals surface area contributed by atoms with Gasteiger partial charge >= 0.3 is 0 Å². The van der Waals surface area contributed by atoms with Gasteiger partial charge in [0.1, 0.15) is 0 Å². The van der Waals surface area contributed by atoms with E-state index in [0.29, 0.717) is 17.4 Å². The summed E-state index contributed by atoms with van der Waals surface area (Å²) in [4.78, 5) is 0.396. The fourth-order valence-corrected chi connectivity index (χ4v) is 3.96. The molecule has 1 heterocycles. The Kier molecular flexibility index (Phi) is 4.40. The predicted molar refractivity (Wildman–Crippen MR) is 71.2 cm³/mol. The molecule has 100 valence electrons. The van der Waals surface area contributed by atoms with Gasteiger partial charge in [0.15, 0.2) is 9.84 Å². The van der Waals surface area contributed by atoms with Crippen molar-refractivity contribution in [2.75, 3.05) is 12.4 Å². The van der Waals surface area contributed by atoms with Crippen LogP contribution < -0.4 is 0 Å². The molecule has 0 aromatic heterocycles. The lowest BCUT2D eigenvalue weighted by Gasteiger charge is -2.10. The van der Waals surface area contributed by atoms with Gasteiger partial charge < -0.3 is 4.74 Å². The second-order valence-corrected chi connectivity index (χ2v) is 6.97. The first-order chi connectivity index (χ1) is 8.62. The molecule has 3 nitrogen and oxygen atoms in total. The lowest BCUT2D eigenvalue weighted by molar-refractivity contribution is 0.121. The standard InChI is InChI=1S/C14H20O3S/c1-2-6-12-9-13(17-10-12)11-18(15,16)14-7-4-3-5-8-14/h3-5,7-8,12-13H,2,6,9-11H2,1H3/t12-,13-/m1/s1. The van der Waals surface area contributed by atoms with Crippen LogP contribution in [0.25, 0.3) is 0 Å². The highest BCUT2D eigenvalue weighted by atomic mass is 32.2. The first-order valence-corrected chi connectivity index (χ1v) is 8.16. The summed E-state index contributed by atoms with van der Waals surface area (Å²) in [5.74, 6) is 0.642. The van der Waals surface area contributed by atoms with Crippen molar-refractivity contribution in [1.29, 1.82) is 0 Å². The van der Waals surface area contributed by atoms with Gasteiger partial charge in [-0.1, -0.05) is 31.5 Å². The Bertz CT molecular complexity index is 467. The average Bonchev–Trinajstić information content (AvgIpc) is 2.77. The van der Waals surface area contributed by atoms with E-state index in [4.69, 9.17) is 4.74 Å². The van der Waals surface area contributed by atoms with Crippen LogP contribution in [0.4, 0.5) is 0 Å². The van der Waals surface area contributed by atoms with Gasteiger partial charge in [0.25, 0.3) is 0 Å². The second kappa shape index (κ2) is 5.85. The highest BCUT2D eigenvalue weighted by molar-refractivity contribution is 7.91. The van der Waals surface area contributed by atoms with Crippen molar-refractivity contribution in [2.45, 2.75) is 37.2 Å². The first kappa shape index (κ1) is 13.6. The number of rotatable bonds is 5. The maximum Gasteiger partial charge on any atom is 0.180 e. The summed E-state index contributed by atoms with van der Waals surface area (Å²) in [7, 11) is -3.21. The molecule has 2 rings (SSSR count). The third kappa shape index (κ3) is 3.33. The third-order valence-electron chi connectivity index (χ3n) is 3.37. The average molecular weight is 268 g/mol. The number of hydrogen-bond acceptors (Lipinski definition) is 3. The van der Waals surface area contributed by atoms with Crippen LogP contribution in [0.2, 0.25) is 0 Å². The molecule has 1 fully saturated rings. The third-order valence-corrected chi connectivity index (χ3v) is 5.17. The largest absolute Gasteiger partial charge is 0.377 e. The van der Waals surface area contributed by atoms with Gasteiger partial charge in [-0.2, -0.15) is 0 Å². The van der Waals surface area contributed by atoms with E-state index in [0.717, 1.165) is 19.3 Å². The summed E-state index contributed by atoms with van der Waals surface area (Å²) < 4.78 is 29.9. The van der Waals surface area contributed by atoms with E-state index in [-0.39, 0.29) is 11.9 Å². The minimum atomic E-state index is -3.21. The van der Waals surface area contributed by atoms with Crippen molar-refractivity contribution in [2.24, 2.45) is 5.92 Å². The van der Waals surface area contributed by atoms with Crippen LogP contribution in [-0.2, 0) is 14.6 Å². The van der Waals surface area contributed by atoms with Crippen molar-refractivity contribution in [3.8, 4) is 0 Å². The number of sulfone groups is 1. The van der Waals surface area contributed by atoms with Crippen LogP contribution in [0.5, 0.6) is 0 Å². The molecule has 1 aromatic carbocycles. The van der Waals surface area contributed by atoms with Gasteiger partial charge in [0.05, 0.1) is 16.8 Å². The minimum Gasteiger partial charge on any atom is -0.377 e. The van der Waals surface area contributed by atoms with Crippen molar-refractivity contribution in [1.82, 2.24) is 0 Å². The molecule has 0 bridgehead atoms. The highest BCUT2D eigenvalue weighted by Crippen LogP contribution is 2.26. The van der Waals surface area contributed by atoms with E-state index in [1.807, 2.05) is 6.07 Å². The summed E-state index contributed by atoms with van der Waals surface area (Å²) in [5, 5.41) is 0. The molecule has 1 aliphatic heterocycles. The Balaban J connectivity index is 1.98. The zero-order chi connectivity index (χ0) is 13.0. The second-order valence-electron chi connectivity index (χ2n) is 4.94. The molecule has 1 saturated heterocycles. The summed E-state index contributed by atoms with van der Waals surface area (Å²) in [6, 6.07) is 8.62. The van der Waals surface area contributed by atoms with Gasteiger partial charge in [0.2, 0.25) is 0 Å². The van der Waals surface area contributed by atoms with Crippen LogP contribution >= 0.6 is 0 Å². The lowest BCUT2D eigenvalue weighted by Crippen LogP contribution is -2.20. The molecule has 2 atom stereocenters. The van der Waals surface area contributed by atoms with Crippen LogP contribution in [0.1, 0.15) is 26.2 Å². The summed E-state index contributed by atoms with van der Waals surface area (Å²) in [5.41, 5.74) is 0. The van der Waals surface area contributed by atoms with Crippen LogP contribution in [-0.4, -0.2) is 26.9 Å². The molecule has 0 spiro atoms. The Morgan fingerprint density at radius 2 is 2.00 bits per heavy atom. The van der Waals surface area contributed by atoms with Crippen molar-refractivity contribution >= 4 is 9.84 Å². The van der Waals surface area contributed by atoms with Crippen molar-refractivity contribution < 1.29 is 13.2 Å². The molecule has 18 heavy (non-hydrogen) atoms. The quantitative estimate of drug-likeness (QED) is 0.824. The normalized spacial score (nSPS) is 24.3. The summed E-state index contributed by atoms with van der Waals surface area (Å²) in [6.07, 6.45) is 3.00. The molecule has 0 saturated carbocycles. The zero-order valence-electron chi connectivity index (χ0n) is 10.7. The molecule has 1 aromatic rings. The lowest BCUT2D eigenvalue weighted by atomic mass is 10.0. The van der Waals surface area contributed by atoms with Gasteiger partial charge in [-0.25, -0.2) is 8.42 Å². The van der Waals surface area contributed by atoms with Gasteiger partial charge in [-0.05, 0) is 30.9 Å². The summed E-state index contributed by atoms with van der Waals surface area (Å²) >= 11 is 0. The van der Waals surface area contributed by atoms with E-state index in [1.165, 1.54) is 0 Å². The highest BCUT2D eigenvalue weighted by Gasteiger charge is 2.29. The Labute approximate surface area is 109 Å². The van der Waals surface area contributed by atoms with Gasteiger partial charge in [-0.3, -0.25) is 0 Å². The Hall–Kier alpha value is -0.870. The van der Waals surface area contributed by atoms with Crippen molar-refractivity contribution in [3.05, 3.63) is 30.3 Å². The van der Waals surface area contributed by atoms with E-state index in [1.54, 1.807) is 24.3 Å². The molecule has 0 N–H and O–H groups in total. The topological polar surface area (TPSA) is 43.4 Å². The number of benzene rings is 1. The van der Waals surface area contributed by atoms with E-state index >= 15 is 0 Å². The maximum atomic E-state index is 12.2. The Morgan fingerprint density at radius 1 is 1.28 bits per heavy atom. The minimum absolute atomic E-state index is 0.108. The molecular formula is C14H20O3S. The molecule has 0 unspecified atom stereocenters. The molecular weight excluding hydrogens is 248 g/mol.